The Bertz CT molecular complexity index is 708. The van der Waals surface area contributed by atoms with Crippen LogP contribution >= 0.6 is 11.6 Å². The highest BCUT2D eigenvalue weighted by molar-refractivity contribution is 6.30. The number of aromatic nitrogens is 1. The van der Waals surface area contributed by atoms with Gasteiger partial charge in [-0.1, -0.05) is 16.8 Å². The van der Waals surface area contributed by atoms with Crippen LogP contribution in [-0.4, -0.2) is 46.6 Å². The predicted octanol–water partition coefficient (Wildman–Crippen LogP) is 1.83. The van der Waals surface area contributed by atoms with Crippen LogP contribution in [0, 0.1) is 0 Å². The minimum atomic E-state index is -1.16. The van der Waals surface area contributed by atoms with Crippen molar-refractivity contribution in [1.82, 2.24) is 10.5 Å². The number of anilines is 1. The fourth-order valence-electron chi connectivity index (χ4n) is 2.54. The van der Waals surface area contributed by atoms with Gasteiger partial charge in [-0.3, -0.25) is 0 Å². The molecular weight excluding hydrogens is 322 g/mol. The maximum Gasteiger partial charge on any atom is 0.343 e. The summed E-state index contributed by atoms with van der Waals surface area (Å²) in [5.74, 6) is -0.911. The summed E-state index contributed by atoms with van der Waals surface area (Å²) in [5.41, 5.74) is -0.426. The third kappa shape index (κ3) is 3.31. The number of β-amino-alcohol motifs (C(OH)–C–C–N with tert-alkyl or cyclic N) is 1. The summed E-state index contributed by atoms with van der Waals surface area (Å²) in [6.07, 6.45) is 0.588. The summed E-state index contributed by atoms with van der Waals surface area (Å²) in [6.45, 7) is 1.36. The van der Waals surface area contributed by atoms with Gasteiger partial charge in [-0.2, -0.15) is 0 Å². The highest BCUT2D eigenvalue weighted by Gasteiger charge is 2.32. The standard InChI is InChI=1S/C15H16ClN3O4/c16-10-3-1-9(2-4-10)12-11(14(20)21)13(19-23-12)18-8-15(22)5-6-17-7-15/h1-4,17,22H,5-8H2,(H,18,19)(H,20,21). The molecule has 7 nitrogen and oxygen atoms in total. The highest BCUT2D eigenvalue weighted by atomic mass is 35.5. The number of aromatic carboxylic acids is 1. The lowest BCUT2D eigenvalue weighted by atomic mass is 10.0. The van der Waals surface area contributed by atoms with Crippen molar-refractivity contribution >= 4 is 23.4 Å². The van der Waals surface area contributed by atoms with E-state index in [1.807, 2.05) is 0 Å². The van der Waals surface area contributed by atoms with Gasteiger partial charge < -0.3 is 25.4 Å². The van der Waals surface area contributed by atoms with Crippen molar-refractivity contribution in [3.8, 4) is 11.3 Å². The number of carbonyl (C=O) groups is 1. The van der Waals surface area contributed by atoms with E-state index in [0.717, 1.165) is 6.54 Å². The lowest BCUT2D eigenvalue weighted by Gasteiger charge is -2.21. The van der Waals surface area contributed by atoms with Crippen LogP contribution in [0.4, 0.5) is 5.82 Å². The second kappa shape index (κ2) is 6.19. The zero-order chi connectivity index (χ0) is 16.4. The van der Waals surface area contributed by atoms with Gasteiger partial charge in [0, 0.05) is 23.7 Å². The third-order valence-electron chi connectivity index (χ3n) is 3.82. The predicted molar refractivity (Wildman–Crippen MR) is 84.8 cm³/mol. The van der Waals surface area contributed by atoms with E-state index in [9.17, 15) is 15.0 Å². The Kier molecular flexibility index (Phi) is 4.25. The lowest BCUT2D eigenvalue weighted by molar-refractivity contribution is 0.0692. The van der Waals surface area contributed by atoms with Gasteiger partial charge in [0.05, 0.1) is 5.60 Å². The minimum absolute atomic E-state index is 0.0677. The Labute approximate surface area is 137 Å². The van der Waals surface area contributed by atoms with E-state index in [2.05, 4.69) is 15.8 Å². The van der Waals surface area contributed by atoms with E-state index in [1.165, 1.54) is 0 Å². The SMILES string of the molecule is O=C(O)c1c(NCC2(O)CCNC2)noc1-c1ccc(Cl)cc1. The molecule has 1 aliphatic heterocycles. The normalized spacial score (nSPS) is 20.6. The Balaban J connectivity index is 1.86. The van der Waals surface area contributed by atoms with Crippen LogP contribution in [-0.2, 0) is 0 Å². The quantitative estimate of drug-likeness (QED) is 0.659. The Morgan fingerprint density at radius 1 is 1.43 bits per heavy atom. The largest absolute Gasteiger partial charge is 0.477 e. The average Bonchev–Trinajstić information content (AvgIpc) is 3.13. The molecule has 1 atom stereocenters. The molecular formula is C15H16ClN3O4. The molecule has 0 aliphatic carbocycles. The van der Waals surface area contributed by atoms with Crippen molar-refractivity contribution in [1.29, 1.82) is 0 Å². The van der Waals surface area contributed by atoms with E-state index in [-0.39, 0.29) is 23.7 Å². The summed E-state index contributed by atoms with van der Waals surface area (Å²) in [4.78, 5) is 11.6. The van der Waals surface area contributed by atoms with Crippen molar-refractivity contribution in [2.45, 2.75) is 12.0 Å². The summed E-state index contributed by atoms with van der Waals surface area (Å²) in [5, 5.41) is 30.0. The van der Waals surface area contributed by atoms with Crippen LogP contribution in [0.3, 0.4) is 0 Å². The number of benzene rings is 1. The fourth-order valence-corrected chi connectivity index (χ4v) is 2.66. The summed E-state index contributed by atoms with van der Waals surface area (Å²) in [6, 6.07) is 6.61. The van der Waals surface area contributed by atoms with E-state index < -0.39 is 11.6 Å². The van der Waals surface area contributed by atoms with E-state index in [1.54, 1.807) is 24.3 Å². The zero-order valence-electron chi connectivity index (χ0n) is 12.2. The molecule has 1 aliphatic rings. The molecule has 1 aromatic heterocycles. The minimum Gasteiger partial charge on any atom is -0.477 e. The van der Waals surface area contributed by atoms with E-state index in [4.69, 9.17) is 16.1 Å². The first-order valence-corrected chi connectivity index (χ1v) is 7.52. The molecule has 8 heteroatoms. The van der Waals surface area contributed by atoms with E-state index >= 15 is 0 Å². The molecule has 3 rings (SSSR count). The van der Waals surface area contributed by atoms with Gasteiger partial charge in [0.2, 0.25) is 0 Å². The number of carboxylic acids is 1. The van der Waals surface area contributed by atoms with Gasteiger partial charge >= 0.3 is 5.97 Å². The molecule has 4 N–H and O–H groups in total. The molecule has 0 bridgehead atoms. The van der Waals surface area contributed by atoms with Gasteiger partial charge in [-0.05, 0) is 37.2 Å². The number of hydrogen-bond acceptors (Lipinski definition) is 6. The van der Waals surface area contributed by atoms with Crippen molar-refractivity contribution < 1.29 is 19.5 Å². The molecule has 1 aromatic carbocycles. The third-order valence-corrected chi connectivity index (χ3v) is 4.07. The van der Waals surface area contributed by atoms with Gasteiger partial charge in [0.15, 0.2) is 17.1 Å². The molecule has 0 saturated carbocycles. The summed E-state index contributed by atoms with van der Waals surface area (Å²) in [7, 11) is 0. The monoisotopic (exact) mass is 337 g/mol. The van der Waals surface area contributed by atoms with Crippen LogP contribution in [0.15, 0.2) is 28.8 Å². The molecule has 122 valence electrons. The second-order valence-electron chi connectivity index (χ2n) is 5.55. The van der Waals surface area contributed by atoms with Crippen LogP contribution in [0.1, 0.15) is 16.8 Å². The Hall–Kier alpha value is -2.09. The maximum absolute atomic E-state index is 11.6. The number of nitrogens with one attached hydrogen (secondary N) is 2. The van der Waals surface area contributed by atoms with Crippen molar-refractivity contribution in [3.63, 3.8) is 0 Å². The summed E-state index contributed by atoms with van der Waals surface area (Å²) < 4.78 is 5.20. The molecule has 2 heterocycles. The number of halogens is 1. The van der Waals surface area contributed by atoms with Crippen LogP contribution < -0.4 is 10.6 Å². The smallest absolute Gasteiger partial charge is 0.343 e. The van der Waals surface area contributed by atoms with Gasteiger partial charge in [0.25, 0.3) is 0 Å². The van der Waals surface area contributed by atoms with Gasteiger partial charge in [-0.15, -0.1) is 0 Å². The van der Waals surface area contributed by atoms with Crippen LogP contribution in [0.2, 0.25) is 5.02 Å². The van der Waals surface area contributed by atoms with Crippen molar-refractivity contribution in [2.24, 2.45) is 0 Å². The zero-order valence-corrected chi connectivity index (χ0v) is 12.9. The number of hydrogen-bond donors (Lipinski definition) is 4. The summed E-state index contributed by atoms with van der Waals surface area (Å²) >= 11 is 5.84. The Morgan fingerprint density at radius 2 is 2.17 bits per heavy atom. The maximum atomic E-state index is 11.6. The number of nitrogens with zero attached hydrogens (tertiary/aromatic N) is 1. The lowest BCUT2D eigenvalue weighted by Crippen LogP contribution is -2.39. The molecule has 0 radical (unpaired) electrons. The topological polar surface area (TPSA) is 108 Å². The molecule has 0 spiro atoms. The first-order chi connectivity index (χ1) is 11.0. The highest BCUT2D eigenvalue weighted by Crippen LogP contribution is 2.30. The molecule has 1 saturated heterocycles. The second-order valence-corrected chi connectivity index (χ2v) is 5.99. The van der Waals surface area contributed by atoms with Crippen LogP contribution in [0.25, 0.3) is 11.3 Å². The molecule has 0 amide bonds. The van der Waals surface area contributed by atoms with Crippen molar-refractivity contribution in [3.05, 3.63) is 34.9 Å². The first kappa shape index (κ1) is 15.8. The molecule has 1 fully saturated rings. The van der Waals surface area contributed by atoms with Crippen molar-refractivity contribution in [2.75, 3.05) is 25.0 Å². The number of aliphatic hydroxyl groups is 1. The Morgan fingerprint density at radius 3 is 2.78 bits per heavy atom. The van der Waals surface area contributed by atoms with Crippen LogP contribution in [0.5, 0.6) is 0 Å². The molecule has 23 heavy (non-hydrogen) atoms. The molecule has 1 unspecified atom stereocenters. The average molecular weight is 338 g/mol. The van der Waals surface area contributed by atoms with Gasteiger partial charge in [0.1, 0.15) is 0 Å². The fraction of sp³-hybridized carbons (Fsp3) is 0.333. The number of carboxylic acid groups (broad SMARTS) is 1. The van der Waals surface area contributed by atoms with Gasteiger partial charge in [-0.25, -0.2) is 4.79 Å². The van der Waals surface area contributed by atoms with E-state index in [0.29, 0.717) is 23.6 Å². The molecule has 2 aromatic rings. The first-order valence-electron chi connectivity index (χ1n) is 7.14. The number of rotatable bonds is 5.